The molecule has 130 valence electrons. The molecule has 1 saturated heterocycles. The van der Waals surface area contributed by atoms with Gasteiger partial charge >= 0.3 is 0 Å². The lowest BCUT2D eigenvalue weighted by atomic mass is 10.3. The molecule has 3 heterocycles. The molecule has 25 heavy (non-hydrogen) atoms. The Morgan fingerprint density at radius 2 is 1.76 bits per heavy atom. The molecule has 4 rings (SSSR count). The van der Waals surface area contributed by atoms with E-state index in [1.165, 1.54) is 17.1 Å². The zero-order valence-corrected chi connectivity index (χ0v) is 14.6. The Morgan fingerprint density at radius 1 is 1.08 bits per heavy atom. The van der Waals surface area contributed by atoms with Gasteiger partial charge in [0.05, 0.1) is 17.2 Å². The number of para-hydroxylation sites is 2. The quantitative estimate of drug-likeness (QED) is 0.764. The van der Waals surface area contributed by atoms with Gasteiger partial charge in [-0.3, -0.25) is 9.40 Å². The molecule has 1 aromatic carbocycles. The molecule has 0 aliphatic carbocycles. The van der Waals surface area contributed by atoms with E-state index < -0.39 is 10.0 Å². The van der Waals surface area contributed by atoms with Crippen LogP contribution in [0.1, 0.15) is 12.8 Å². The van der Waals surface area contributed by atoms with Crippen LogP contribution in [0, 0.1) is 0 Å². The Hall–Kier alpha value is -2.68. The average Bonchev–Trinajstić information content (AvgIpc) is 3.25. The molecule has 1 fully saturated rings. The second kappa shape index (κ2) is 5.99. The molecule has 8 nitrogen and oxygen atoms in total. The van der Waals surface area contributed by atoms with Crippen LogP contribution in [-0.2, 0) is 17.1 Å². The fraction of sp³-hybridized carbons (Fsp3) is 0.312. The third-order valence-electron chi connectivity index (χ3n) is 4.18. The molecule has 0 radical (unpaired) electrons. The number of aromatic nitrogens is 4. The number of nitrogens with one attached hydrogen (secondary N) is 1. The summed E-state index contributed by atoms with van der Waals surface area (Å²) in [4.78, 5) is 11.3. The van der Waals surface area contributed by atoms with Crippen molar-refractivity contribution >= 4 is 32.7 Å². The van der Waals surface area contributed by atoms with E-state index in [9.17, 15) is 8.42 Å². The fourth-order valence-electron chi connectivity index (χ4n) is 2.93. The Bertz CT molecular complexity index is 1020. The maximum absolute atomic E-state index is 12.7. The Labute approximate surface area is 145 Å². The number of hydrogen-bond donors (Lipinski definition) is 1. The number of benzene rings is 1. The number of hydrogen-bond acceptors (Lipinski definition) is 6. The van der Waals surface area contributed by atoms with Crippen LogP contribution in [0.15, 0.2) is 41.6 Å². The van der Waals surface area contributed by atoms with Crippen molar-refractivity contribution in [2.45, 2.75) is 17.7 Å². The molecular weight excluding hydrogens is 340 g/mol. The van der Waals surface area contributed by atoms with Gasteiger partial charge in [0.25, 0.3) is 10.0 Å². The molecule has 0 saturated carbocycles. The molecule has 1 aliphatic rings. The van der Waals surface area contributed by atoms with Gasteiger partial charge in [-0.25, -0.2) is 18.4 Å². The van der Waals surface area contributed by atoms with Crippen LogP contribution in [0.25, 0.3) is 11.0 Å². The van der Waals surface area contributed by atoms with E-state index in [0.717, 1.165) is 31.4 Å². The summed E-state index contributed by atoms with van der Waals surface area (Å²) in [5.74, 6) is 0.827. The van der Waals surface area contributed by atoms with Crippen LogP contribution in [0.5, 0.6) is 0 Å². The molecule has 1 aliphatic heterocycles. The first-order valence-corrected chi connectivity index (χ1v) is 9.54. The van der Waals surface area contributed by atoms with Gasteiger partial charge in [0.1, 0.15) is 4.90 Å². The van der Waals surface area contributed by atoms with E-state index >= 15 is 0 Å². The summed E-state index contributed by atoms with van der Waals surface area (Å²) in [7, 11) is -2.10. The number of nitrogens with zero attached hydrogens (tertiary/aromatic N) is 5. The van der Waals surface area contributed by atoms with Crippen LogP contribution in [0.2, 0.25) is 0 Å². The van der Waals surface area contributed by atoms with Crippen molar-refractivity contribution in [3.63, 3.8) is 0 Å². The van der Waals surface area contributed by atoms with Crippen molar-refractivity contribution in [1.82, 2.24) is 19.7 Å². The second-order valence-corrected chi connectivity index (χ2v) is 7.72. The summed E-state index contributed by atoms with van der Waals surface area (Å²) < 4.78 is 29.4. The van der Waals surface area contributed by atoms with Crippen LogP contribution in [-0.4, -0.2) is 41.3 Å². The van der Waals surface area contributed by atoms with Crippen molar-refractivity contribution in [1.29, 1.82) is 0 Å². The van der Waals surface area contributed by atoms with Gasteiger partial charge in [-0.1, -0.05) is 12.1 Å². The zero-order chi connectivity index (χ0) is 17.4. The lowest BCUT2D eigenvalue weighted by Gasteiger charge is -2.20. The van der Waals surface area contributed by atoms with Gasteiger partial charge in [0.15, 0.2) is 11.6 Å². The highest BCUT2D eigenvalue weighted by Gasteiger charge is 2.24. The van der Waals surface area contributed by atoms with E-state index in [1.807, 2.05) is 24.3 Å². The molecule has 0 unspecified atom stereocenters. The van der Waals surface area contributed by atoms with Crippen LogP contribution < -0.4 is 9.62 Å². The topological polar surface area (TPSA) is 93.0 Å². The number of anilines is 2. The summed E-state index contributed by atoms with van der Waals surface area (Å²) in [5, 5.41) is 3.93. The van der Waals surface area contributed by atoms with Crippen molar-refractivity contribution in [2.24, 2.45) is 7.05 Å². The van der Waals surface area contributed by atoms with Gasteiger partial charge in [0, 0.05) is 26.3 Å². The van der Waals surface area contributed by atoms with E-state index in [0.29, 0.717) is 11.3 Å². The SMILES string of the molecule is Cn1cc(S(=O)(=O)Nc2nc3ccccc3nc2N2CCCC2)cn1. The highest BCUT2D eigenvalue weighted by Crippen LogP contribution is 2.29. The molecule has 3 aromatic rings. The maximum atomic E-state index is 12.7. The van der Waals surface area contributed by atoms with E-state index in [4.69, 9.17) is 0 Å². The summed E-state index contributed by atoms with van der Waals surface area (Å²) in [5.41, 5.74) is 1.39. The third-order valence-corrected chi connectivity index (χ3v) is 5.47. The lowest BCUT2D eigenvalue weighted by molar-refractivity contribution is 0.601. The second-order valence-electron chi connectivity index (χ2n) is 6.03. The fourth-order valence-corrected chi connectivity index (χ4v) is 3.92. The number of sulfonamides is 1. The van der Waals surface area contributed by atoms with Gasteiger partial charge < -0.3 is 4.90 Å². The minimum absolute atomic E-state index is 0.0948. The van der Waals surface area contributed by atoms with Crippen LogP contribution in [0.3, 0.4) is 0 Å². The highest BCUT2D eigenvalue weighted by atomic mass is 32.2. The van der Waals surface area contributed by atoms with Gasteiger partial charge in [-0.2, -0.15) is 5.10 Å². The Morgan fingerprint density at radius 3 is 2.40 bits per heavy atom. The monoisotopic (exact) mass is 358 g/mol. The van der Waals surface area contributed by atoms with Crippen LogP contribution in [0.4, 0.5) is 11.6 Å². The standard InChI is InChI=1S/C16H18N6O2S/c1-21-11-12(10-17-21)25(23,24)20-15-16(22-8-4-5-9-22)19-14-7-3-2-6-13(14)18-15/h2-3,6-7,10-11H,4-5,8-9H2,1H3,(H,18,20). The first-order valence-electron chi connectivity index (χ1n) is 8.06. The lowest BCUT2D eigenvalue weighted by Crippen LogP contribution is -2.23. The van der Waals surface area contributed by atoms with Crippen LogP contribution >= 0.6 is 0 Å². The molecule has 0 spiro atoms. The minimum Gasteiger partial charge on any atom is -0.354 e. The smallest absolute Gasteiger partial charge is 0.266 e. The maximum Gasteiger partial charge on any atom is 0.266 e. The molecular formula is C16H18N6O2S. The van der Waals surface area contributed by atoms with Crippen molar-refractivity contribution in [3.8, 4) is 0 Å². The van der Waals surface area contributed by atoms with E-state index in [2.05, 4.69) is 24.7 Å². The van der Waals surface area contributed by atoms with Gasteiger partial charge in [0.2, 0.25) is 0 Å². The van der Waals surface area contributed by atoms with Crippen molar-refractivity contribution in [2.75, 3.05) is 22.7 Å². The van der Waals surface area contributed by atoms with Crippen molar-refractivity contribution in [3.05, 3.63) is 36.7 Å². The average molecular weight is 358 g/mol. The molecule has 0 amide bonds. The highest BCUT2D eigenvalue weighted by molar-refractivity contribution is 7.92. The molecule has 2 aromatic heterocycles. The van der Waals surface area contributed by atoms with Crippen molar-refractivity contribution < 1.29 is 8.42 Å². The number of rotatable bonds is 4. The molecule has 1 N–H and O–H groups in total. The number of aryl methyl sites for hydroxylation is 1. The molecule has 9 heteroatoms. The molecule has 0 atom stereocenters. The van der Waals surface area contributed by atoms with Gasteiger partial charge in [-0.15, -0.1) is 0 Å². The largest absolute Gasteiger partial charge is 0.354 e. The first-order chi connectivity index (χ1) is 12.0. The summed E-state index contributed by atoms with van der Waals surface area (Å²) in [6, 6.07) is 7.44. The van der Waals surface area contributed by atoms with E-state index in [-0.39, 0.29) is 10.7 Å². The van der Waals surface area contributed by atoms with E-state index in [1.54, 1.807) is 7.05 Å². The predicted octanol–water partition coefficient (Wildman–Crippen LogP) is 1.76. The summed E-state index contributed by atoms with van der Waals surface area (Å²) >= 11 is 0. The normalized spacial score (nSPS) is 15.0. The van der Waals surface area contributed by atoms with Gasteiger partial charge in [-0.05, 0) is 25.0 Å². The summed E-state index contributed by atoms with van der Waals surface area (Å²) in [6.07, 6.45) is 4.88. The predicted molar refractivity (Wildman–Crippen MR) is 95.0 cm³/mol. The number of fused-ring (bicyclic) bond motifs is 1. The Kier molecular flexibility index (Phi) is 3.79. The Balaban J connectivity index is 1.80. The first kappa shape index (κ1) is 15.8. The summed E-state index contributed by atoms with van der Waals surface area (Å²) in [6.45, 7) is 1.68. The minimum atomic E-state index is -3.78. The third kappa shape index (κ3) is 3.02. The molecule has 0 bridgehead atoms. The zero-order valence-electron chi connectivity index (χ0n) is 13.8.